The number of carbonyl (C=O) groups excluding carboxylic acids is 2. The molecule has 4 aliphatic rings. The molecule has 1 aromatic carbocycles. The van der Waals surface area contributed by atoms with Crippen molar-refractivity contribution in [2.75, 3.05) is 19.7 Å². The Hall–Kier alpha value is -1.79. The predicted octanol–water partition coefficient (Wildman–Crippen LogP) is 3.95. The number of likely N-dealkylation sites (tertiary alicyclic amines) is 1. The van der Waals surface area contributed by atoms with Gasteiger partial charge in [-0.2, -0.15) is 0 Å². The summed E-state index contributed by atoms with van der Waals surface area (Å²) in [5, 5.41) is 0.569. The molecule has 6 nitrogen and oxygen atoms in total. The van der Waals surface area contributed by atoms with E-state index in [9.17, 15) is 9.59 Å². The van der Waals surface area contributed by atoms with E-state index in [-0.39, 0.29) is 12.1 Å². The third kappa shape index (κ3) is 3.12. The zero-order valence-electron chi connectivity index (χ0n) is 16.7. The van der Waals surface area contributed by atoms with Crippen LogP contribution >= 0.6 is 11.6 Å². The van der Waals surface area contributed by atoms with Crippen LogP contribution in [0.25, 0.3) is 0 Å². The molecule has 0 aliphatic carbocycles. The number of benzene rings is 1. The second kappa shape index (κ2) is 7.17. The molecule has 2 atom stereocenters. The van der Waals surface area contributed by atoms with Crippen molar-refractivity contribution < 1.29 is 19.1 Å². The molecule has 156 valence electrons. The number of hydrogen-bond donors (Lipinski definition) is 0. The highest BCUT2D eigenvalue weighted by Gasteiger charge is 2.50. The van der Waals surface area contributed by atoms with Crippen molar-refractivity contribution in [1.82, 2.24) is 9.80 Å². The number of hydrogen-bond acceptors (Lipinski definition) is 5. The quantitative estimate of drug-likeness (QED) is 0.680. The minimum atomic E-state index is -0.502. The van der Waals surface area contributed by atoms with Crippen LogP contribution in [0.15, 0.2) is 18.2 Å². The highest BCUT2D eigenvalue weighted by Crippen LogP contribution is 2.46. The van der Waals surface area contributed by atoms with Gasteiger partial charge in [-0.15, -0.1) is 0 Å². The number of esters is 1. The lowest BCUT2D eigenvalue weighted by Gasteiger charge is -2.46. The van der Waals surface area contributed by atoms with Crippen LogP contribution in [0.5, 0.6) is 0 Å². The Morgan fingerprint density at radius 3 is 2.55 bits per heavy atom. The first kappa shape index (κ1) is 19.2. The van der Waals surface area contributed by atoms with Gasteiger partial charge in [0, 0.05) is 54.6 Å². The summed E-state index contributed by atoms with van der Waals surface area (Å²) >= 11 is 6.07. The zero-order chi connectivity index (χ0) is 20.2. The van der Waals surface area contributed by atoms with E-state index in [4.69, 9.17) is 21.1 Å². The molecule has 29 heavy (non-hydrogen) atoms. The molecular weight excluding hydrogens is 392 g/mol. The highest BCUT2D eigenvalue weighted by molar-refractivity contribution is 6.31. The van der Waals surface area contributed by atoms with E-state index in [0.717, 1.165) is 57.2 Å². The van der Waals surface area contributed by atoms with E-state index >= 15 is 0 Å². The monoisotopic (exact) mass is 418 g/mol. The molecule has 7 heteroatoms. The molecule has 0 radical (unpaired) electrons. The Kier molecular flexibility index (Phi) is 4.74. The number of amides is 1. The van der Waals surface area contributed by atoms with Gasteiger partial charge in [0.1, 0.15) is 5.60 Å². The predicted molar refractivity (Wildman–Crippen MR) is 108 cm³/mol. The molecule has 0 aromatic heterocycles. The van der Waals surface area contributed by atoms with Gasteiger partial charge in [0.25, 0.3) is 0 Å². The Labute approximate surface area is 176 Å². The van der Waals surface area contributed by atoms with Gasteiger partial charge < -0.3 is 14.4 Å². The van der Waals surface area contributed by atoms with Crippen LogP contribution in [0.2, 0.25) is 5.02 Å². The van der Waals surface area contributed by atoms with Crippen LogP contribution in [-0.4, -0.2) is 59.7 Å². The van der Waals surface area contributed by atoms with Gasteiger partial charge in [-0.05, 0) is 44.7 Å². The number of nitrogens with zero attached hydrogens (tertiary/aromatic N) is 2. The zero-order valence-corrected chi connectivity index (χ0v) is 17.5. The SMILES string of the molecule is CCOC(=O)N1C2CCC1CC(N1CCC3(CC1)OC(=O)c1cc(Cl)ccc13)C2. The molecule has 2 unspecified atom stereocenters. The lowest BCUT2D eigenvalue weighted by molar-refractivity contribution is -0.0560. The molecule has 1 spiro atoms. The number of halogens is 1. The van der Waals surface area contributed by atoms with Crippen LogP contribution in [0, 0.1) is 0 Å². The number of ether oxygens (including phenoxy) is 2. The van der Waals surface area contributed by atoms with Crippen molar-refractivity contribution in [3.8, 4) is 0 Å². The highest BCUT2D eigenvalue weighted by atomic mass is 35.5. The molecule has 0 saturated carbocycles. The van der Waals surface area contributed by atoms with Crippen LogP contribution in [-0.2, 0) is 15.1 Å². The summed E-state index contributed by atoms with van der Waals surface area (Å²) in [6.45, 7) is 4.09. The first-order chi connectivity index (χ1) is 14.0. The third-order valence-corrected chi connectivity index (χ3v) is 7.52. The van der Waals surface area contributed by atoms with Crippen molar-refractivity contribution in [2.24, 2.45) is 0 Å². The Bertz CT molecular complexity index is 822. The van der Waals surface area contributed by atoms with Crippen molar-refractivity contribution >= 4 is 23.7 Å². The van der Waals surface area contributed by atoms with Crippen molar-refractivity contribution in [2.45, 2.75) is 69.2 Å². The summed E-state index contributed by atoms with van der Waals surface area (Å²) < 4.78 is 11.2. The largest absolute Gasteiger partial charge is 0.450 e. The molecule has 0 N–H and O–H groups in total. The number of rotatable bonds is 2. The molecule has 3 fully saturated rings. The van der Waals surface area contributed by atoms with Gasteiger partial charge >= 0.3 is 12.1 Å². The van der Waals surface area contributed by atoms with E-state index < -0.39 is 5.60 Å². The normalized spacial score (nSPS) is 30.3. The smallest absolute Gasteiger partial charge is 0.410 e. The van der Waals surface area contributed by atoms with E-state index in [1.807, 2.05) is 24.0 Å². The molecule has 4 heterocycles. The Morgan fingerprint density at radius 2 is 1.90 bits per heavy atom. The number of piperidine rings is 2. The maximum absolute atomic E-state index is 12.4. The van der Waals surface area contributed by atoms with Crippen molar-refractivity contribution in [3.05, 3.63) is 34.3 Å². The van der Waals surface area contributed by atoms with E-state index in [2.05, 4.69) is 4.90 Å². The first-order valence-corrected chi connectivity index (χ1v) is 11.1. The van der Waals surface area contributed by atoms with Gasteiger partial charge in [0.05, 0.1) is 12.2 Å². The summed E-state index contributed by atoms with van der Waals surface area (Å²) in [4.78, 5) is 29.2. The fourth-order valence-corrected chi connectivity index (χ4v) is 6.11. The van der Waals surface area contributed by atoms with Crippen molar-refractivity contribution in [3.63, 3.8) is 0 Å². The fourth-order valence-electron chi connectivity index (χ4n) is 5.93. The van der Waals surface area contributed by atoms with Gasteiger partial charge in [0.2, 0.25) is 0 Å². The van der Waals surface area contributed by atoms with Gasteiger partial charge in [0.15, 0.2) is 0 Å². The molecule has 2 bridgehead atoms. The maximum Gasteiger partial charge on any atom is 0.410 e. The number of fused-ring (bicyclic) bond motifs is 4. The van der Waals surface area contributed by atoms with Crippen LogP contribution in [0.3, 0.4) is 0 Å². The molecule has 5 rings (SSSR count). The van der Waals surface area contributed by atoms with E-state index in [1.165, 1.54) is 0 Å². The number of carbonyl (C=O) groups is 2. The summed E-state index contributed by atoms with van der Waals surface area (Å²) in [5.41, 5.74) is 1.11. The Morgan fingerprint density at radius 1 is 1.21 bits per heavy atom. The lowest BCUT2D eigenvalue weighted by Crippen LogP contribution is -2.55. The molecule has 1 aromatic rings. The summed E-state index contributed by atoms with van der Waals surface area (Å²) in [7, 11) is 0. The minimum absolute atomic E-state index is 0.149. The average Bonchev–Trinajstić information content (AvgIpc) is 3.12. The second-order valence-electron chi connectivity index (χ2n) is 8.73. The average molecular weight is 419 g/mol. The Balaban J connectivity index is 1.26. The molecular formula is C22H27ClN2O4. The topological polar surface area (TPSA) is 59.1 Å². The van der Waals surface area contributed by atoms with Crippen molar-refractivity contribution in [1.29, 1.82) is 0 Å². The first-order valence-electron chi connectivity index (χ1n) is 10.7. The minimum Gasteiger partial charge on any atom is -0.450 e. The van der Waals surface area contributed by atoms with Gasteiger partial charge in [-0.1, -0.05) is 17.7 Å². The second-order valence-corrected chi connectivity index (χ2v) is 9.16. The fraction of sp³-hybridized carbons (Fsp3) is 0.636. The van der Waals surface area contributed by atoms with Gasteiger partial charge in [-0.3, -0.25) is 4.90 Å². The van der Waals surface area contributed by atoms with Crippen LogP contribution in [0.1, 0.15) is 61.4 Å². The molecule has 3 saturated heterocycles. The summed E-state index contributed by atoms with van der Waals surface area (Å²) in [5.74, 6) is -0.253. The summed E-state index contributed by atoms with van der Waals surface area (Å²) in [6.07, 6.45) is 5.63. The lowest BCUT2D eigenvalue weighted by atomic mass is 9.82. The van der Waals surface area contributed by atoms with Crippen LogP contribution in [0.4, 0.5) is 4.79 Å². The standard InChI is InChI=1S/C22H27ClN2O4/c1-2-28-21(27)25-15-4-5-16(25)13-17(12-15)24-9-7-22(8-10-24)19-6-3-14(23)11-18(19)20(26)29-22/h3,6,11,15-17H,2,4-5,7-10,12-13H2,1H3. The third-order valence-electron chi connectivity index (χ3n) is 7.29. The molecule has 1 amide bonds. The van der Waals surface area contributed by atoms with E-state index in [0.29, 0.717) is 35.3 Å². The summed E-state index contributed by atoms with van der Waals surface area (Å²) in [6, 6.07) is 6.60. The van der Waals surface area contributed by atoms with Gasteiger partial charge in [-0.25, -0.2) is 9.59 Å². The molecule has 4 aliphatic heterocycles. The van der Waals surface area contributed by atoms with Crippen LogP contribution < -0.4 is 0 Å². The van der Waals surface area contributed by atoms with E-state index in [1.54, 1.807) is 6.07 Å². The maximum atomic E-state index is 12.4.